The molecule has 1 aliphatic carbocycles. The number of alkyl halides is 2. The molecule has 2 aromatic rings. The molecule has 35 heavy (non-hydrogen) atoms. The molecule has 11 heteroatoms. The second kappa shape index (κ2) is 9.98. The predicted molar refractivity (Wildman–Crippen MR) is 133 cm³/mol. The zero-order chi connectivity index (χ0) is 25.4. The van der Waals surface area contributed by atoms with Gasteiger partial charge in [-0.15, -0.1) is 0 Å². The largest absolute Gasteiger partial charge is 0.292 e. The Bertz CT molecular complexity index is 1160. The number of nitro benzene ring substituents is 1. The van der Waals surface area contributed by atoms with Crippen LogP contribution in [0.3, 0.4) is 0 Å². The minimum absolute atomic E-state index is 0.00974. The third kappa shape index (κ3) is 4.66. The summed E-state index contributed by atoms with van der Waals surface area (Å²) in [6.45, 7) is 1.46. The van der Waals surface area contributed by atoms with E-state index in [1.165, 1.54) is 19.1 Å². The maximum atomic E-state index is 13.7. The lowest BCUT2D eigenvalue weighted by Crippen LogP contribution is -2.56. The maximum Gasteiger partial charge on any atom is 0.273 e. The van der Waals surface area contributed by atoms with E-state index in [1.54, 1.807) is 30.3 Å². The van der Waals surface area contributed by atoms with E-state index in [0.29, 0.717) is 18.4 Å². The third-order valence-electron chi connectivity index (χ3n) is 6.44. The van der Waals surface area contributed by atoms with E-state index < -0.39 is 46.3 Å². The van der Waals surface area contributed by atoms with Gasteiger partial charge < -0.3 is 0 Å². The van der Waals surface area contributed by atoms with Crippen LogP contribution in [0.5, 0.6) is 0 Å². The first kappa shape index (κ1) is 25.2. The zero-order valence-electron chi connectivity index (χ0n) is 18.5. The van der Waals surface area contributed by atoms with Crippen molar-refractivity contribution in [1.82, 2.24) is 10.0 Å². The van der Waals surface area contributed by atoms with E-state index in [0.717, 1.165) is 22.2 Å². The van der Waals surface area contributed by atoms with Crippen LogP contribution in [-0.4, -0.2) is 54.1 Å². The van der Waals surface area contributed by atoms with Gasteiger partial charge in [0, 0.05) is 32.9 Å². The number of benzene rings is 2. The number of nitrogens with zero attached hydrogens (tertiary/aromatic N) is 3. The summed E-state index contributed by atoms with van der Waals surface area (Å²) in [5, 5.41) is 12.7. The summed E-state index contributed by atoms with van der Waals surface area (Å²) in [4.78, 5) is 64.3. The first-order valence-corrected chi connectivity index (χ1v) is 12.8. The number of rotatable bonds is 6. The number of imide groups is 1. The van der Waals surface area contributed by atoms with Crippen molar-refractivity contribution < 1.29 is 24.1 Å². The normalized spacial score (nSPS) is 24.6. The van der Waals surface area contributed by atoms with Gasteiger partial charge in [-0.1, -0.05) is 62.2 Å². The first-order chi connectivity index (χ1) is 16.6. The molecule has 0 aromatic heterocycles. The van der Waals surface area contributed by atoms with Crippen LogP contribution in [0, 0.1) is 22.0 Å². The van der Waals surface area contributed by atoms with Crippen LogP contribution < -0.4 is 0 Å². The number of hydrazine groups is 1. The number of nitro groups is 1. The molecule has 0 radical (unpaired) electrons. The van der Waals surface area contributed by atoms with Gasteiger partial charge >= 0.3 is 0 Å². The molecule has 182 valence electrons. The van der Waals surface area contributed by atoms with Gasteiger partial charge in [-0.25, -0.2) is 5.01 Å². The van der Waals surface area contributed by atoms with Gasteiger partial charge in [0.1, 0.15) is 6.04 Å². The number of carbonyl (C=O) groups excluding carboxylic acids is 4. The number of halogens is 2. The summed E-state index contributed by atoms with van der Waals surface area (Å²) in [6, 6.07) is 11.9. The van der Waals surface area contributed by atoms with Crippen molar-refractivity contribution in [3.63, 3.8) is 0 Å². The molecule has 0 bridgehead atoms. The van der Waals surface area contributed by atoms with Gasteiger partial charge in [0.05, 0.1) is 16.8 Å². The Hall–Kier alpha value is -2.92. The van der Waals surface area contributed by atoms with Crippen molar-refractivity contribution in [2.45, 2.75) is 35.5 Å². The average molecular weight is 607 g/mol. The number of hydrogen-bond donors (Lipinski definition) is 0. The van der Waals surface area contributed by atoms with E-state index in [4.69, 9.17) is 0 Å². The molecule has 1 saturated carbocycles. The lowest BCUT2D eigenvalue weighted by atomic mass is 9.81. The van der Waals surface area contributed by atoms with Crippen LogP contribution in [0.25, 0.3) is 0 Å². The Morgan fingerprint density at radius 1 is 0.943 bits per heavy atom. The Kier molecular flexibility index (Phi) is 7.18. The minimum Gasteiger partial charge on any atom is -0.292 e. The molecule has 0 spiro atoms. The van der Waals surface area contributed by atoms with Crippen molar-refractivity contribution >= 4 is 61.1 Å². The smallest absolute Gasteiger partial charge is 0.273 e. The van der Waals surface area contributed by atoms with Crippen LogP contribution in [0.15, 0.2) is 54.6 Å². The summed E-state index contributed by atoms with van der Waals surface area (Å²) in [7, 11) is 0. The number of hydrogen-bond acceptors (Lipinski definition) is 6. The second-order valence-electron chi connectivity index (χ2n) is 8.56. The average Bonchev–Trinajstić information content (AvgIpc) is 3.08. The second-order valence-corrected chi connectivity index (χ2v) is 10.9. The molecule has 2 aromatic carbocycles. The molecule has 1 heterocycles. The summed E-state index contributed by atoms with van der Waals surface area (Å²) in [6.07, 6.45) is 0.810. The van der Waals surface area contributed by atoms with Crippen LogP contribution in [0.2, 0.25) is 0 Å². The molecule has 1 saturated heterocycles. The van der Waals surface area contributed by atoms with Gasteiger partial charge in [-0.05, 0) is 31.9 Å². The number of carbonyl (C=O) groups is 4. The van der Waals surface area contributed by atoms with Crippen molar-refractivity contribution in [3.05, 3.63) is 75.8 Å². The minimum atomic E-state index is -1.19. The number of ketones is 1. The zero-order valence-corrected chi connectivity index (χ0v) is 21.7. The number of Topliss-reactive ketones (excluding diaryl/α,β-unsaturated/α-hetero) is 1. The molecular formula is C24H21Br2N3O6. The predicted octanol–water partition coefficient (Wildman–Crippen LogP) is 4.15. The molecule has 2 aliphatic rings. The molecule has 9 nitrogen and oxygen atoms in total. The Balaban J connectivity index is 1.74. The van der Waals surface area contributed by atoms with Crippen molar-refractivity contribution in [3.8, 4) is 0 Å². The molecule has 3 amide bonds. The van der Waals surface area contributed by atoms with Gasteiger partial charge in [0.25, 0.3) is 23.4 Å². The van der Waals surface area contributed by atoms with Crippen molar-refractivity contribution in [2.75, 3.05) is 0 Å². The fourth-order valence-electron chi connectivity index (χ4n) is 4.54. The molecule has 0 N–H and O–H groups in total. The Labute approximate surface area is 217 Å². The van der Waals surface area contributed by atoms with Gasteiger partial charge in [-0.3, -0.25) is 29.3 Å². The SMILES string of the molecule is C[C@H](C(=O)c1ccccc1)N(C(=O)c1ccc([N+](=O)[O-])cc1)N1C(=O)[C@H]2C[C@H](Br)[C@@H](Br)C[C@H]2C1=O. The summed E-state index contributed by atoms with van der Waals surface area (Å²) in [5.74, 6) is -3.53. The fraction of sp³-hybridized carbons (Fsp3) is 0.333. The monoisotopic (exact) mass is 605 g/mol. The number of amides is 3. The van der Waals surface area contributed by atoms with E-state index in [-0.39, 0.29) is 20.9 Å². The van der Waals surface area contributed by atoms with Gasteiger partial charge in [0.2, 0.25) is 0 Å². The topological polar surface area (TPSA) is 118 Å². The molecule has 0 unspecified atom stereocenters. The lowest BCUT2D eigenvalue weighted by Gasteiger charge is -2.34. The highest BCUT2D eigenvalue weighted by Gasteiger charge is 2.55. The van der Waals surface area contributed by atoms with Crippen LogP contribution in [0.1, 0.15) is 40.5 Å². The lowest BCUT2D eigenvalue weighted by molar-refractivity contribution is -0.384. The van der Waals surface area contributed by atoms with Crippen molar-refractivity contribution in [2.24, 2.45) is 11.8 Å². The Morgan fingerprint density at radius 2 is 1.46 bits per heavy atom. The fourth-order valence-corrected chi connectivity index (χ4v) is 5.78. The van der Waals surface area contributed by atoms with E-state index in [2.05, 4.69) is 31.9 Å². The maximum absolute atomic E-state index is 13.7. The van der Waals surface area contributed by atoms with Crippen LogP contribution in [0.4, 0.5) is 5.69 Å². The highest BCUT2D eigenvalue weighted by Crippen LogP contribution is 2.44. The highest BCUT2D eigenvalue weighted by atomic mass is 79.9. The van der Waals surface area contributed by atoms with E-state index >= 15 is 0 Å². The van der Waals surface area contributed by atoms with E-state index in [9.17, 15) is 29.3 Å². The third-order valence-corrected chi connectivity index (χ3v) is 9.17. The van der Waals surface area contributed by atoms with E-state index in [1.807, 2.05) is 0 Å². The molecule has 5 atom stereocenters. The van der Waals surface area contributed by atoms with Crippen LogP contribution in [-0.2, 0) is 9.59 Å². The quantitative estimate of drug-likeness (QED) is 0.160. The summed E-state index contributed by atoms with van der Waals surface area (Å²) >= 11 is 7.09. The molecule has 2 fully saturated rings. The number of non-ortho nitro benzene ring substituents is 1. The van der Waals surface area contributed by atoms with Gasteiger partial charge in [0.15, 0.2) is 5.78 Å². The first-order valence-electron chi connectivity index (χ1n) is 10.9. The standard InChI is InChI=1S/C24H21Br2N3O6/c1-13(21(30)14-5-3-2-4-6-14)27(22(31)15-7-9-16(10-8-15)29(34)35)28-23(32)17-11-19(25)20(26)12-18(17)24(28)33/h2-10,13,17-20H,11-12H2,1H3/t13-,17-,18+,19+,20+/m1/s1. The Morgan fingerprint density at radius 3 is 1.94 bits per heavy atom. The van der Waals surface area contributed by atoms with Gasteiger partial charge in [-0.2, -0.15) is 5.01 Å². The number of fused-ring (bicyclic) bond motifs is 1. The highest BCUT2D eigenvalue weighted by molar-refractivity contribution is 9.12. The molecular weight excluding hydrogens is 586 g/mol. The van der Waals surface area contributed by atoms with Crippen molar-refractivity contribution in [1.29, 1.82) is 0 Å². The summed E-state index contributed by atoms with van der Waals surface area (Å²) < 4.78 is 0. The van der Waals surface area contributed by atoms with Crippen LogP contribution >= 0.6 is 31.9 Å². The summed E-state index contributed by atoms with van der Waals surface area (Å²) in [5.41, 5.74) is 0.113. The molecule has 1 aliphatic heterocycles. The molecule has 4 rings (SSSR count).